The van der Waals surface area contributed by atoms with Gasteiger partial charge in [-0.1, -0.05) is 65.0 Å². The predicted octanol–water partition coefficient (Wildman–Crippen LogP) is 9.01. The van der Waals surface area contributed by atoms with Gasteiger partial charge in [-0.3, -0.25) is 4.79 Å². The second kappa shape index (κ2) is 17.9. The van der Waals surface area contributed by atoms with Gasteiger partial charge in [-0.25, -0.2) is 0 Å². The zero-order valence-corrected chi connectivity index (χ0v) is 27.2. The molecule has 4 nitrogen and oxygen atoms in total. The number of carbonyl (C=O) groups excluding carboxylic acids is 1. The van der Waals surface area contributed by atoms with Crippen LogP contribution in [-0.2, 0) is 12.3 Å². The number of aromatic amines is 1. The minimum Gasteiger partial charge on any atom is -0.383 e. The van der Waals surface area contributed by atoms with Gasteiger partial charge < -0.3 is 15.2 Å². The molecule has 0 spiro atoms. The maximum Gasteiger partial charge on any atom is 0.299 e. The molecule has 0 amide bonds. The summed E-state index contributed by atoms with van der Waals surface area (Å²) in [6, 6.07) is 13.7. The van der Waals surface area contributed by atoms with E-state index in [0.717, 1.165) is 48.4 Å². The van der Waals surface area contributed by atoms with Crippen LogP contribution in [0.25, 0.3) is 5.57 Å². The molecule has 42 heavy (non-hydrogen) atoms. The van der Waals surface area contributed by atoms with Gasteiger partial charge in [-0.2, -0.15) is 8.78 Å². The van der Waals surface area contributed by atoms with Crippen molar-refractivity contribution in [3.63, 3.8) is 0 Å². The minimum atomic E-state index is -3.22. The van der Waals surface area contributed by atoms with Gasteiger partial charge >= 0.3 is 0 Å². The summed E-state index contributed by atoms with van der Waals surface area (Å²) in [7, 11) is 3.69. The summed E-state index contributed by atoms with van der Waals surface area (Å²) in [5, 5.41) is 3.39. The monoisotopic (exact) mass is 597 g/mol. The third-order valence-corrected chi connectivity index (χ3v) is 8.00. The molecule has 0 aliphatic carbocycles. The number of halogens is 2. The van der Waals surface area contributed by atoms with E-state index >= 15 is 8.78 Å². The number of H-pyrrole nitrogens is 1. The molecule has 1 fully saturated rings. The van der Waals surface area contributed by atoms with E-state index in [1.165, 1.54) is 18.9 Å². The number of aryl methyl sites for hydroxylation is 1. The van der Waals surface area contributed by atoms with Crippen molar-refractivity contribution in [2.45, 2.75) is 71.1 Å². The number of nitrogens with one attached hydrogen (secondary N) is 2. The fraction of sp³-hybridized carbons (Fsp3) is 0.457. The van der Waals surface area contributed by atoms with Crippen LogP contribution in [0.1, 0.15) is 92.2 Å². The van der Waals surface area contributed by atoms with Crippen molar-refractivity contribution in [1.29, 1.82) is 0 Å². The average Bonchev–Trinajstić information content (AvgIpc) is 3.50. The van der Waals surface area contributed by atoms with Gasteiger partial charge in [0.25, 0.3) is 5.92 Å². The van der Waals surface area contributed by atoms with E-state index in [1.54, 1.807) is 48.4 Å². The highest BCUT2D eigenvalue weighted by atomic mass is 32.2. The lowest BCUT2D eigenvalue weighted by atomic mass is 9.88. The molecule has 7 heteroatoms. The summed E-state index contributed by atoms with van der Waals surface area (Å²) in [4.78, 5) is 17.4. The van der Waals surface area contributed by atoms with E-state index in [0.29, 0.717) is 28.3 Å². The Labute approximate surface area is 256 Å². The van der Waals surface area contributed by atoms with E-state index in [2.05, 4.69) is 10.3 Å². The fourth-order valence-electron chi connectivity index (χ4n) is 5.11. The first-order chi connectivity index (χ1) is 20.3. The summed E-state index contributed by atoms with van der Waals surface area (Å²) >= 11 is 1.60. The second-order valence-corrected chi connectivity index (χ2v) is 11.4. The summed E-state index contributed by atoms with van der Waals surface area (Å²) in [6.07, 6.45) is 8.55. The van der Waals surface area contributed by atoms with E-state index < -0.39 is 5.92 Å². The van der Waals surface area contributed by atoms with Crippen LogP contribution in [0.3, 0.4) is 0 Å². The zero-order chi connectivity index (χ0) is 31.1. The summed E-state index contributed by atoms with van der Waals surface area (Å²) in [5.41, 5.74) is 2.93. The molecule has 3 aromatic rings. The van der Waals surface area contributed by atoms with Gasteiger partial charge in [0.05, 0.1) is 5.69 Å². The smallest absolute Gasteiger partial charge is 0.299 e. The normalized spacial score (nSPS) is 13.9. The number of aldehydes is 1. The molecule has 1 aliphatic heterocycles. The minimum absolute atomic E-state index is 0.0332. The molecule has 0 atom stereocenters. The lowest BCUT2D eigenvalue weighted by Crippen LogP contribution is -2.27. The predicted molar refractivity (Wildman–Crippen MR) is 176 cm³/mol. The first kappa shape index (κ1) is 35.3. The maximum absolute atomic E-state index is 16.3. The Hall–Kier alpha value is -2.90. The van der Waals surface area contributed by atoms with Gasteiger partial charge in [0.1, 0.15) is 0 Å². The molecule has 1 aliphatic rings. The first-order valence-corrected chi connectivity index (χ1v) is 16.3. The number of alkyl halides is 2. The standard InChI is InChI=1S/C31H37F2N3OS.2C2H6/c1-4-38-25-11-12-29(27(19-25)28(20-36(2)3)26-15-18-35-30(26)21-37)31(32,33)24-9-7-22(8-10-24)5-6-23-13-16-34-17-14-23;2*1-2/h7-12,15,18-21,23,34-35H,4-6,13-14,16-17H2,1-3H3;2*1-2H3/b28-20+;;. The van der Waals surface area contributed by atoms with E-state index in [1.807, 2.05) is 71.8 Å². The summed E-state index contributed by atoms with van der Waals surface area (Å²) in [6.45, 7) is 12.2. The Balaban J connectivity index is 0.00000148. The van der Waals surface area contributed by atoms with Gasteiger partial charge in [0.2, 0.25) is 0 Å². The Morgan fingerprint density at radius 1 is 1.00 bits per heavy atom. The number of carbonyl (C=O) groups is 1. The fourth-order valence-corrected chi connectivity index (χ4v) is 5.81. The summed E-state index contributed by atoms with van der Waals surface area (Å²) < 4.78 is 32.5. The molecular weight excluding hydrogens is 548 g/mol. The van der Waals surface area contributed by atoms with Crippen molar-refractivity contribution < 1.29 is 13.6 Å². The molecule has 2 N–H and O–H groups in total. The molecule has 0 radical (unpaired) electrons. The van der Waals surface area contributed by atoms with Crippen molar-refractivity contribution in [1.82, 2.24) is 15.2 Å². The largest absolute Gasteiger partial charge is 0.383 e. The molecule has 2 heterocycles. The van der Waals surface area contributed by atoms with E-state index in [9.17, 15) is 4.79 Å². The van der Waals surface area contributed by atoms with Crippen LogP contribution in [0, 0.1) is 5.92 Å². The number of nitrogens with zero attached hydrogens (tertiary/aromatic N) is 1. The van der Waals surface area contributed by atoms with Gasteiger partial charge in [0, 0.05) is 53.7 Å². The van der Waals surface area contributed by atoms with Crippen molar-refractivity contribution in [3.8, 4) is 0 Å². The van der Waals surface area contributed by atoms with Crippen molar-refractivity contribution in [3.05, 3.63) is 94.4 Å². The highest BCUT2D eigenvalue weighted by molar-refractivity contribution is 7.99. The number of piperidine rings is 1. The number of hydrogen-bond acceptors (Lipinski definition) is 4. The Morgan fingerprint density at radius 3 is 2.26 bits per heavy atom. The molecule has 0 saturated carbocycles. The van der Waals surface area contributed by atoms with Crippen LogP contribution in [0.2, 0.25) is 0 Å². The molecule has 0 bridgehead atoms. The van der Waals surface area contributed by atoms with E-state index in [4.69, 9.17) is 0 Å². The van der Waals surface area contributed by atoms with E-state index in [-0.39, 0.29) is 11.1 Å². The van der Waals surface area contributed by atoms with Gasteiger partial charge in [-0.15, -0.1) is 11.8 Å². The lowest BCUT2D eigenvalue weighted by Gasteiger charge is -2.24. The van der Waals surface area contributed by atoms with Crippen molar-refractivity contribution >= 4 is 23.6 Å². The van der Waals surface area contributed by atoms with Crippen molar-refractivity contribution in [2.75, 3.05) is 32.9 Å². The quantitative estimate of drug-likeness (QED) is 0.171. The highest BCUT2D eigenvalue weighted by Crippen LogP contribution is 2.43. The Morgan fingerprint density at radius 2 is 1.67 bits per heavy atom. The van der Waals surface area contributed by atoms with Gasteiger partial charge in [-0.05, 0) is 79.8 Å². The summed E-state index contributed by atoms with van der Waals surface area (Å²) in [5.74, 6) is -1.70. The average molecular weight is 598 g/mol. The van der Waals surface area contributed by atoms with Crippen molar-refractivity contribution in [2.24, 2.45) is 5.92 Å². The number of rotatable bonds is 11. The molecule has 1 aromatic heterocycles. The lowest BCUT2D eigenvalue weighted by molar-refractivity contribution is 0.0425. The molecule has 0 unspecified atom stereocenters. The van der Waals surface area contributed by atoms with Crippen LogP contribution < -0.4 is 5.32 Å². The highest BCUT2D eigenvalue weighted by Gasteiger charge is 2.37. The molecule has 1 saturated heterocycles. The number of aromatic nitrogens is 1. The first-order valence-electron chi connectivity index (χ1n) is 15.3. The third-order valence-electron chi connectivity index (χ3n) is 7.12. The molecular formula is C35H49F2N3OS. The molecule has 2 aromatic carbocycles. The SMILES string of the molecule is CC.CC.CCSc1ccc(C(F)(F)c2ccc(CCC3CCNCC3)cc2)c(/C(=C/N(C)C)c2cc[nH]c2C=O)c1. The van der Waals surface area contributed by atoms with Crippen LogP contribution >= 0.6 is 11.8 Å². The Kier molecular flexibility index (Phi) is 15.1. The van der Waals surface area contributed by atoms with Gasteiger partial charge in [0.15, 0.2) is 6.29 Å². The zero-order valence-electron chi connectivity index (χ0n) is 26.4. The molecule has 4 rings (SSSR count). The van der Waals surface area contributed by atoms with Crippen LogP contribution in [-0.4, -0.2) is 49.1 Å². The van der Waals surface area contributed by atoms with Crippen LogP contribution in [0.5, 0.6) is 0 Å². The maximum atomic E-state index is 16.3. The second-order valence-electron chi connectivity index (χ2n) is 10.1. The number of thioether (sulfide) groups is 1. The van der Waals surface area contributed by atoms with Crippen LogP contribution in [0.4, 0.5) is 8.78 Å². The number of benzene rings is 2. The Bertz CT molecular complexity index is 1250. The topological polar surface area (TPSA) is 48.1 Å². The number of hydrogen-bond donors (Lipinski definition) is 2. The third kappa shape index (κ3) is 9.30. The molecule has 230 valence electrons. The van der Waals surface area contributed by atoms with Crippen LogP contribution in [0.15, 0.2) is 65.8 Å².